The number of nitrogens with one attached hydrogen (secondary N) is 1. The van der Waals surface area contributed by atoms with Crippen LogP contribution in [0.25, 0.3) is 0 Å². The number of rotatable bonds is 5. The minimum absolute atomic E-state index is 0.0416. The zero-order chi connectivity index (χ0) is 16.4. The topological polar surface area (TPSA) is 101 Å². The van der Waals surface area contributed by atoms with E-state index in [1.165, 1.54) is 6.07 Å². The fourth-order valence-electron chi connectivity index (χ4n) is 2.39. The summed E-state index contributed by atoms with van der Waals surface area (Å²) in [6, 6.07) is 6.45. The molecule has 1 heterocycles. The lowest BCUT2D eigenvalue weighted by Gasteiger charge is -2.23. The summed E-state index contributed by atoms with van der Waals surface area (Å²) in [5.41, 5.74) is -0.585. The number of amides is 1. The van der Waals surface area contributed by atoms with Gasteiger partial charge in [-0.3, -0.25) is 4.79 Å². The summed E-state index contributed by atoms with van der Waals surface area (Å²) >= 11 is 1.12. The molecule has 0 unspecified atom stereocenters. The highest BCUT2D eigenvalue weighted by Crippen LogP contribution is 2.25. The van der Waals surface area contributed by atoms with Crippen molar-refractivity contribution in [1.29, 1.82) is 0 Å². The number of thioether (sulfide) groups is 1. The van der Waals surface area contributed by atoms with Crippen LogP contribution in [-0.2, 0) is 14.6 Å². The molecule has 1 aromatic carbocycles. The van der Waals surface area contributed by atoms with E-state index < -0.39 is 21.3 Å². The third-order valence-electron chi connectivity index (χ3n) is 3.42. The fraction of sp³-hybridized carbons (Fsp3) is 0.429. The molecular weight excluding hydrogens is 326 g/mol. The van der Waals surface area contributed by atoms with E-state index in [1.807, 2.05) is 0 Å². The second-order valence-electron chi connectivity index (χ2n) is 5.54. The van der Waals surface area contributed by atoms with Crippen LogP contribution in [0, 0.1) is 0 Å². The molecule has 1 saturated heterocycles. The summed E-state index contributed by atoms with van der Waals surface area (Å²) in [6.45, 7) is 1.71. The molecule has 0 bridgehead atoms. The van der Waals surface area contributed by atoms with Gasteiger partial charge in [-0.05, 0) is 25.5 Å². The highest BCUT2D eigenvalue weighted by atomic mass is 32.2. The summed E-state index contributed by atoms with van der Waals surface area (Å²) in [5, 5.41) is 11.8. The number of hydrogen-bond acceptors (Lipinski definition) is 5. The first kappa shape index (κ1) is 16.8. The molecule has 2 rings (SSSR count). The first-order valence-electron chi connectivity index (χ1n) is 6.67. The van der Waals surface area contributed by atoms with Crippen LogP contribution in [0.15, 0.2) is 29.2 Å². The van der Waals surface area contributed by atoms with E-state index in [2.05, 4.69) is 5.32 Å². The van der Waals surface area contributed by atoms with Gasteiger partial charge in [-0.1, -0.05) is 12.1 Å². The number of hydrogen-bond donors (Lipinski definition) is 2. The maximum atomic E-state index is 12.0. The number of benzene rings is 1. The van der Waals surface area contributed by atoms with Crippen molar-refractivity contribution in [2.24, 2.45) is 0 Å². The van der Waals surface area contributed by atoms with Gasteiger partial charge in [0.2, 0.25) is 5.91 Å². The highest BCUT2D eigenvalue weighted by molar-refractivity contribution is 8.00. The molecule has 1 atom stereocenters. The zero-order valence-corrected chi connectivity index (χ0v) is 13.7. The van der Waals surface area contributed by atoms with Gasteiger partial charge in [0.1, 0.15) is 0 Å². The quantitative estimate of drug-likeness (QED) is 0.779. The molecule has 0 aromatic heterocycles. The number of carbonyl (C=O) groups is 2. The van der Waals surface area contributed by atoms with E-state index in [1.54, 1.807) is 25.1 Å². The van der Waals surface area contributed by atoms with E-state index in [9.17, 15) is 18.0 Å². The van der Waals surface area contributed by atoms with Crippen molar-refractivity contribution >= 4 is 33.5 Å². The minimum Gasteiger partial charge on any atom is -0.478 e. The van der Waals surface area contributed by atoms with Gasteiger partial charge < -0.3 is 10.4 Å². The minimum atomic E-state index is -3.08. The maximum Gasteiger partial charge on any atom is 0.336 e. The van der Waals surface area contributed by atoms with Gasteiger partial charge in [0, 0.05) is 4.90 Å². The number of carboxylic acids is 1. The molecule has 0 radical (unpaired) electrons. The van der Waals surface area contributed by atoms with Crippen LogP contribution in [0.5, 0.6) is 0 Å². The third-order valence-corrected chi connectivity index (χ3v) is 6.40. The van der Waals surface area contributed by atoms with Crippen LogP contribution in [0.4, 0.5) is 0 Å². The standard InChI is InChI=1S/C14H17NO5S2/c1-14(6-7-22(19,20)9-14)15-12(16)8-21-11-5-3-2-4-10(11)13(17)18/h2-5H,6-9H2,1H3,(H,15,16)(H,17,18)/t14-/m0/s1. The number of sulfone groups is 1. The zero-order valence-electron chi connectivity index (χ0n) is 12.0. The van der Waals surface area contributed by atoms with Gasteiger partial charge in [-0.25, -0.2) is 13.2 Å². The van der Waals surface area contributed by atoms with Crippen LogP contribution in [0.1, 0.15) is 23.7 Å². The van der Waals surface area contributed by atoms with Crippen molar-refractivity contribution in [2.75, 3.05) is 17.3 Å². The lowest BCUT2D eigenvalue weighted by atomic mass is 10.0. The summed E-state index contributed by atoms with van der Waals surface area (Å²) in [7, 11) is -3.08. The fourth-order valence-corrected chi connectivity index (χ4v) is 5.33. The summed E-state index contributed by atoms with van der Waals surface area (Å²) in [6.07, 6.45) is 0.400. The van der Waals surface area contributed by atoms with Crippen molar-refractivity contribution in [1.82, 2.24) is 5.32 Å². The van der Waals surface area contributed by atoms with Gasteiger partial charge >= 0.3 is 5.97 Å². The Labute approximate surface area is 133 Å². The SMILES string of the molecule is C[C@]1(NC(=O)CSc2ccccc2C(=O)O)CCS(=O)(=O)C1. The van der Waals surface area contributed by atoms with E-state index in [-0.39, 0.29) is 28.7 Å². The Kier molecular flexibility index (Phi) is 4.81. The molecule has 1 amide bonds. The molecule has 0 aliphatic carbocycles. The van der Waals surface area contributed by atoms with Gasteiger partial charge in [0.05, 0.1) is 28.4 Å². The summed E-state index contributed by atoms with van der Waals surface area (Å²) < 4.78 is 23.0. The third kappa shape index (κ3) is 4.23. The summed E-state index contributed by atoms with van der Waals surface area (Å²) in [5.74, 6) is -1.27. The molecule has 2 N–H and O–H groups in total. The molecule has 1 fully saturated rings. The van der Waals surface area contributed by atoms with Crippen molar-refractivity contribution in [3.05, 3.63) is 29.8 Å². The van der Waals surface area contributed by atoms with Crippen LogP contribution in [0.3, 0.4) is 0 Å². The first-order valence-corrected chi connectivity index (χ1v) is 9.48. The molecule has 1 aromatic rings. The molecule has 6 nitrogen and oxygen atoms in total. The monoisotopic (exact) mass is 343 g/mol. The van der Waals surface area contributed by atoms with Crippen LogP contribution in [-0.4, -0.2) is 48.2 Å². The van der Waals surface area contributed by atoms with E-state index in [0.29, 0.717) is 11.3 Å². The Morgan fingerprint density at radius 3 is 2.64 bits per heavy atom. The Morgan fingerprint density at radius 1 is 1.36 bits per heavy atom. The van der Waals surface area contributed by atoms with Crippen LogP contribution >= 0.6 is 11.8 Å². The lowest BCUT2D eigenvalue weighted by molar-refractivity contribution is -0.120. The smallest absolute Gasteiger partial charge is 0.336 e. The van der Waals surface area contributed by atoms with Crippen molar-refractivity contribution < 1.29 is 23.1 Å². The van der Waals surface area contributed by atoms with Gasteiger partial charge in [-0.2, -0.15) is 0 Å². The van der Waals surface area contributed by atoms with Crippen LogP contribution in [0.2, 0.25) is 0 Å². The number of carbonyl (C=O) groups excluding carboxylic acids is 1. The first-order chi connectivity index (χ1) is 10.2. The predicted molar refractivity (Wildman–Crippen MR) is 83.9 cm³/mol. The Hall–Kier alpha value is -1.54. The van der Waals surface area contributed by atoms with Crippen molar-refractivity contribution in [3.8, 4) is 0 Å². The largest absolute Gasteiger partial charge is 0.478 e. The number of carboxylic acid groups (broad SMARTS) is 1. The molecule has 0 spiro atoms. The Balaban J connectivity index is 1.96. The van der Waals surface area contributed by atoms with E-state index in [4.69, 9.17) is 5.11 Å². The molecule has 1 aliphatic heterocycles. The normalized spacial score (nSPS) is 23.1. The van der Waals surface area contributed by atoms with E-state index in [0.717, 1.165) is 11.8 Å². The second kappa shape index (κ2) is 6.29. The number of aromatic carboxylic acids is 1. The molecule has 22 heavy (non-hydrogen) atoms. The average molecular weight is 343 g/mol. The highest BCUT2D eigenvalue weighted by Gasteiger charge is 2.39. The van der Waals surface area contributed by atoms with Crippen LogP contribution < -0.4 is 5.32 Å². The average Bonchev–Trinajstić information content (AvgIpc) is 2.70. The van der Waals surface area contributed by atoms with Gasteiger partial charge in [0.25, 0.3) is 0 Å². The van der Waals surface area contributed by atoms with Crippen molar-refractivity contribution in [2.45, 2.75) is 23.8 Å². The van der Waals surface area contributed by atoms with Gasteiger partial charge in [-0.15, -0.1) is 11.8 Å². The Morgan fingerprint density at radius 2 is 2.05 bits per heavy atom. The molecule has 120 valence electrons. The van der Waals surface area contributed by atoms with E-state index >= 15 is 0 Å². The lowest BCUT2D eigenvalue weighted by Crippen LogP contribution is -2.47. The molecule has 8 heteroatoms. The summed E-state index contributed by atoms with van der Waals surface area (Å²) in [4.78, 5) is 23.6. The molecular formula is C14H17NO5S2. The Bertz CT molecular complexity index is 701. The molecule has 1 aliphatic rings. The predicted octanol–water partition coefficient (Wildman–Crippen LogP) is 1.17. The maximum absolute atomic E-state index is 12.0. The van der Waals surface area contributed by atoms with Crippen molar-refractivity contribution in [3.63, 3.8) is 0 Å². The second-order valence-corrected chi connectivity index (χ2v) is 8.74. The van der Waals surface area contributed by atoms with Gasteiger partial charge in [0.15, 0.2) is 9.84 Å². The molecule has 0 saturated carbocycles.